The zero-order chi connectivity index (χ0) is 13.0. The third-order valence-corrected chi connectivity index (χ3v) is 3.40. The summed E-state index contributed by atoms with van der Waals surface area (Å²) in [6.45, 7) is 7.58. The Morgan fingerprint density at radius 1 is 1.22 bits per heavy atom. The average Bonchev–Trinajstić information content (AvgIpc) is 2.38. The van der Waals surface area contributed by atoms with Crippen molar-refractivity contribution in [2.45, 2.75) is 19.3 Å². The third-order valence-electron chi connectivity index (χ3n) is 3.18. The lowest BCUT2D eigenvalue weighted by atomic mass is 9.84. The topological polar surface area (TPSA) is 30.5 Å². The van der Waals surface area contributed by atoms with Crippen LogP contribution in [-0.2, 0) is 5.41 Å². The van der Waals surface area contributed by atoms with Crippen LogP contribution in [0.25, 0.3) is 0 Å². The zero-order valence-corrected chi connectivity index (χ0v) is 11.9. The van der Waals surface area contributed by atoms with Gasteiger partial charge in [0.15, 0.2) is 11.5 Å². The van der Waals surface area contributed by atoms with Crippen molar-refractivity contribution in [3.05, 3.63) is 23.8 Å². The highest BCUT2D eigenvalue weighted by molar-refractivity contribution is 7.80. The molecule has 1 heterocycles. The van der Waals surface area contributed by atoms with Crippen molar-refractivity contribution in [3.8, 4) is 11.5 Å². The van der Waals surface area contributed by atoms with Gasteiger partial charge in [-0.05, 0) is 17.7 Å². The number of hydrogen-bond acceptors (Lipinski definition) is 4. The first kappa shape index (κ1) is 13.6. The summed E-state index contributed by atoms with van der Waals surface area (Å²) in [5.74, 6) is 2.57. The number of ether oxygens (including phenoxy) is 2. The summed E-state index contributed by atoms with van der Waals surface area (Å²) in [5, 5.41) is 3.41. The number of benzene rings is 1. The van der Waals surface area contributed by atoms with E-state index in [2.05, 4.69) is 43.9 Å². The number of thiol groups is 1. The second-order valence-electron chi connectivity index (χ2n) is 5.14. The van der Waals surface area contributed by atoms with Crippen molar-refractivity contribution >= 4 is 12.6 Å². The zero-order valence-electron chi connectivity index (χ0n) is 11.0. The van der Waals surface area contributed by atoms with Crippen LogP contribution in [0.5, 0.6) is 11.5 Å². The molecule has 0 unspecified atom stereocenters. The molecule has 2 rings (SSSR count). The molecule has 18 heavy (non-hydrogen) atoms. The van der Waals surface area contributed by atoms with Crippen molar-refractivity contribution in [2.24, 2.45) is 0 Å². The lowest BCUT2D eigenvalue weighted by Crippen LogP contribution is -2.34. The molecular weight excluding hydrogens is 246 g/mol. The smallest absolute Gasteiger partial charge is 0.161 e. The predicted molar refractivity (Wildman–Crippen MR) is 77.2 cm³/mol. The van der Waals surface area contributed by atoms with E-state index in [9.17, 15) is 0 Å². The molecule has 1 aliphatic heterocycles. The molecule has 0 spiro atoms. The molecule has 0 fully saturated rings. The average molecular weight is 267 g/mol. The van der Waals surface area contributed by atoms with Crippen molar-refractivity contribution in [1.29, 1.82) is 0 Å². The Morgan fingerprint density at radius 3 is 2.67 bits per heavy atom. The maximum Gasteiger partial charge on any atom is 0.161 e. The molecule has 100 valence electrons. The molecule has 1 N–H and O–H groups in total. The predicted octanol–water partition coefficient (Wildman–Crippen LogP) is 2.25. The fourth-order valence-corrected chi connectivity index (χ4v) is 2.20. The normalized spacial score (nSPS) is 14.6. The summed E-state index contributed by atoms with van der Waals surface area (Å²) in [4.78, 5) is 0. The molecule has 1 aromatic carbocycles. The minimum absolute atomic E-state index is 0.0682. The van der Waals surface area contributed by atoms with E-state index in [4.69, 9.17) is 9.47 Å². The van der Waals surface area contributed by atoms with Crippen LogP contribution in [0, 0.1) is 0 Å². The number of fused-ring (bicyclic) bond motifs is 1. The fourth-order valence-electron chi connectivity index (χ4n) is 2.05. The van der Waals surface area contributed by atoms with Crippen molar-refractivity contribution in [1.82, 2.24) is 5.32 Å². The van der Waals surface area contributed by atoms with Gasteiger partial charge in [0.25, 0.3) is 0 Å². The summed E-state index contributed by atoms with van der Waals surface area (Å²) in [6.07, 6.45) is 0. The van der Waals surface area contributed by atoms with Gasteiger partial charge < -0.3 is 14.8 Å². The van der Waals surface area contributed by atoms with Crippen LogP contribution in [-0.4, -0.2) is 32.1 Å². The van der Waals surface area contributed by atoms with Gasteiger partial charge in [0.2, 0.25) is 0 Å². The van der Waals surface area contributed by atoms with Gasteiger partial charge in [0.1, 0.15) is 13.2 Å². The van der Waals surface area contributed by atoms with Crippen LogP contribution in [0.3, 0.4) is 0 Å². The van der Waals surface area contributed by atoms with E-state index < -0.39 is 0 Å². The second kappa shape index (κ2) is 5.85. The molecule has 1 aromatic rings. The SMILES string of the molecule is CC(C)(CNCCS)c1ccc2c(c1)OCCO2. The van der Waals surface area contributed by atoms with Gasteiger partial charge in [0, 0.05) is 24.3 Å². The Kier molecular flexibility index (Phi) is 4.40. The highest BCUT2D eigenvalue weighted by Crippen LogP contribution is 2.34. The molecular formula is C14H21NO2S. The van der Waals surface area contributed by atoms with E-state index in [1.807, 2.05) is 6.07 Å². The summed E-state index contributed by atoms with van der Waals surface area (Å²) in [6, 6.07) is 6.22. The van der Waals surface area contributed by atoms with E-state index in [1.54, 1.807) is 0 Å². The Bertz CT molecular complexity index is 407. The highest BCUT2D eigenvalue weighted by Gasteiger charge is 2.22. The van der Waals surface area contributed by atoms with E-state index >= 15 is 0 Å². The maximum absolute atomic E-state index is 5.63. The maximum atomic E-state index is 5.63. The van der Waals surface area contributed by atoms with Crippen LogP contribution in [0.2, 0.25) is 0 Å². The first-order chi connectivity index (χ1) is 8.63. The molecule has 0 atom stereocenters. The fraction of sp³-hybridized carbons (Fsp3) is 0.571. The van der Waals surface area contributed by atoms with Crippen molar-refractivity contribution in [3.63, 3.8) is 0 Å². The molecule has 0 radical (unpaired) electrons. The Morgan fingerprint density at radius 2 is 1.94 bits per heavy atom. The molecule has 0 amide bonds. The number of rotatable bonds is 5. The van der Waals surface area contributed by atoms with Gasteiger partial charge in [-0.25, -0.2) is 0 Å². The molecule has 0 aliphatic carbocycles. The molecule has 0 saturated carbocycles. The largest absolute Gasteiger partial charge is 0.486 e. The Hall–Kier alpha value is -0.870. The van der Waals surface area contributed by atoms with E-state index in [1.165, 1.54) is 5.56 Å². The van der Waals surface area contributed by atoms with Gasteiger partial charge in [-0.3, -0.25) is 0 Å². The first-order valence-electron chi connectivity index (χ1n) is 6.35. The standard InChI is InChI=1S/C14H21NO2S/c1-14(2,10-15-5-8-18)11-3-4-12-13(9-11)17-7-6-16-12/h3-4,9,15,18H,5-8,10H2,1-2H3. The molecule has 0 saturated heterocycles. The Labute approximate surface area is 114 Å². The minimum atomic E-state index is 0.0682. The van der Waals surface area contributed by atoms with Gasteiger partial charge in [-0.2, -0.15) is 12.6 Å². The Balaban J connectivity index is 2.11. The molecule has 0 bridgehead atoms. The quantitative estimate of drug-likeness (QED) is 0.633. The molecule has 1 aliphatic rings. The van der Waals surface area contributed by atoms with Crippen LogP contribution in [0.1, 0.15) is 19.4 Å². The van der Waals surface area contributed by atoms with E-state index in [-0.39, 0.29) is 5.41 Å². The number of hydrogen-bond donors (Lipinski definition) is 2. The van der Waals surface area contributed by atoms with Crippen LogP contribution < -0.4 is 14.8 Å². The summed E-state index contributed by atoms with van der Waals surface area (Å²) in [5.41, 5.74) is 1.33. The van der Waals surface area contributed by atoms with E-state index in [0.29, 0.717) is 13.2 Å². The summed E-state index contributed by atoms with van der Waals surface area (Å²) < 4.78 is 11.2. The van der Waals surface area contributed by atoms with Crippen molar-refractivity contribution in [2.75, 3.05) is 32.1 Å². The third kappa shape index (κ3) is 3.12. The lowest BCUT2D eigenvalue weighted by Gasteiger charge is -2.27. The van der Waals surface area contributed by atoms with Gasteiger partial charge in [-0.1, -0.05) is 19.9 Å². The van der Waals surface area contributed by atoms with E-state index in [0.717, 1.165) is 30.3 Å². The molecule has 0 aromatic heterocycles. The van der Waals surface area contributed by atoms with Crippen LogP contribution >= 0.6 is 12.6 Å². The van der Waals surface area contributed by atoms with Crippen LogP contribution in [0.4, 0.5) is 0 Å². The van der Waals surface area contributed by atoms with Gasteiger partial charge in [0.05, 0.1) is 0 Å². The minimum Gasteiger partial charge on any atom is -0.486 e. The summed E-state index contributed by atoms with van der Waals surface area (Å²) in [7, 11) is 0. The highest BCUT2D eigenvalue weighted by atomic mass is 32.1. The first-order valence-corrected chi connectivity index (χ1v) is 6.98. The van der Waals surface area contributed by atoms with Gasteiger partial charge >= 0.3 is 0 Å². The molecule has 4 heteroatoms. The number of nitrogens with one attached hydrogen (secondary N) is 1. The second-order valence-corrected chi connectivity index (χ2v) is 5.59. The van der Waals surface area contributed by atoms with Crippen molar-refractivity contribution < 1.29 is 9.47 Å². The molecule has 3 nitrogen and oxygen atoms in total. The monoisotopic (exact) mass is 267 g/mol. The van der Waals surface area contributed by atoms with Gasteiger partial charge in [-0.15, -0.1) is 0 Å². The lowest BCUT2D eigenvalue weighted by molar-refractivity contribution is 0.171. The van der Waals surface area contributed by atoms with Crippen LogP contribution in [0.15, 0.2) is 18.2 Å². The summed E-state index contributed by atoms with van der Waals surface area (Å²) >= 11 is 4.20.